The Morgan fingerprint density at radius 1 is 1.16 bits per heavy atom. The molecule has 5 atom stereocenters. The van der Waals surface area contributed by atoms with Gasteiger partial charge in [0.05, 0.1) is 12.2 Å². The van der Waals surface area contributed by atoms with Gasteiger partial charge in [0.2, 0.25) is 0 Å². The molecule has 31 heavy (non-hydrogen) atoms. The quantitative estimate of drug-likeness (QED) is 0.301. The Labute approximate surface area is 188 Å². The largest absolute Gasteiger partial charge is 0.392 e. The van der Waals surface area contributed by atoms with Gasteiger partial charge in [-0.2, -0.15) is 0 Å². The normalized spacial score (nSPS) is 27.9. The first-order chi connectivity index (χ1) is 15.2. The second kappa shape index (κ2) is 13.1. The zero-order valence-electron chi connectivity index (χ0n) is 19.3. The van der Waals surface area contributed by atoms with Crippen molar-refractivity contribution in [3.05, 3.63) is 53.9 Å². The van der Waals surface area contributed by atoms with Crippen molar-refractivity contribution in [2.75, 3.05) is 6.54 Å². The Hall–Kier alpha value is -1.49. The van der Waals surface area contributed by atoms with Gasteiger partial charge >= 0.3 is 0 Å². The van der Waals surface area contributed by atoms with Gasteiger partial charge in [-0.05, 0) is 81.0 Å². The number of pyridine rings is 1. The van der Waals surface area contributed by atoms with Gasteiger partial charge in [-0.3, -0.25) is 4.98 Å². The van der Waals surface area contributed by atoms with Crippen LogP contribution in [0.4, 0.5) is 0 Å². The lowest BCUT2D eigenvalue weighted by Gasteiger charge is -2.17. The molecule has 0 bridgehead atoms. The molecule has 1 aromatic rings. The Morgan fingerprint density at radius 2 is 2.00 bits per heavy atom. The molecule has 1 aromatic heterocycles. The first-order valence-electron chi connectivity index (χ1n) is 12.5. The molecule has 2 aliphatic carbocycles. The fourth-order valence-corrected chi connectivity index (χ4v) is 5.33. The van der Waals surface area contributed by atoms with E-state index in [1.807, 2.05) is 18.5 Å². The molecule has 2 fully saturated rings. The van der Waals surface area contributed by atoms with E-state index in [1.54, 1.807) is 5.57 Å². The lowest BCUT2D eigenvalue weighted by Crippen LogP contribution is -2.17. The summed E-state index contributed by atoms with van der Waals surface area (Å²) >= 11 is 0. The van der Waals surface area contributed by atoms with Gasteiger partial charge < -0.3 is 15.5 Å². The molecule has 4 heteroatoms. The predicted octanol–water partition coefficient (Wildman–Crippen LogP) is 5.17. The second-order valence-electron chi connectivity index (χ2n) is 9.55. The molecule has 4 nitrogen and oxygen atoms in total. The highest BCUT2D eigenvalue weighted by Crippen LogP contribution is 2.50. The molecule has 0 radical (unpaired) electrons. The van der Waals surface area contributed by atoms with Gasteiger partial charge in [-0.25, -0.2) is 0 Å². The van der Waals surface area contributed by atoms with Crippen molar-refractivity contribution < 1.29 is 10.2 Å². The minimum absolute atomic E-state index is 0.217. The predicted molar refractivity (Wildman–Crippen MR) is 127 cm³/mol. The number of aliphatic hydroxyl groups excluding tert-OH is 2. The van der Waals surface area contributed by atoms with Crippen LogP contribution in [0, 0.1) is 17.8 Å². The third-order valence-corrected chi connectivity index (χ3v) is 7.09. The maximum absolute atomic E-state index is 10.5. The summed E-state index contributed by atoms with van der Waals surface area (Å²) in [5.41, 5.74) is 2.88. The first kappa shape index (κ1) is 24.2. The minimum Gasteiger partial charge on any atom is -0.392 e. The van der Waals surface area contributed by atoms with Gasteiger partial charge in [0, 0.05) is 24.9 Å². The first-order valence-corrected chi connectivity index (χ1v) is 12.5. The average molecular weight is 427 g/mol. The topological polar surface area (TPSA) is 65.4 Å². The number of fused-ring (bicyclic) bond motifs is 1. The Balaban J connectivity index is 1.34. The molecule has 0 unspecified atom stereocenters. The lowest BCUT2D eigenvalue weighted by molar-refractivity contribution is 0.139. The van der Waals surface area contributed by atoms with Gasteiger partial charge in [-0.1, -0.05) is 50.0 Å². The Morgan fingerprint density at radius 3 is 2.81 bits per heavy atom. The monoisotopic (exact) mass is 426 g/mol. The number of unbranched alkanes of at least 4 members (excludes halogenated alkanes) is 4. The number of nitrogens with zero attached hydrogens (tertiary/aromatic N) is 1. The van der Waals surface area contributed by atoms with E-state index < -0.39 is 0 Å². The van der Waals surface area contributed by atoms with Gasteiger partial charge in [-0.15, -0.1) is 0 Å². The third kappa shape index (κ3) is 7.85. The summed E-state index contributed by atoms with van der Waals surface area (Å²) in [6.45, 7) is 4.15. The average Bonchev–Trinajstić information content (AvgIpc) is 3.28. The Kier molecular flexibility index (Phi) is 10.2. The standard InChI is InChI=1S/C27H42N2O2/c1-2-3-5-9-24(30)10-11-25-26-18-22(17-23(26)19-27(25)31)8-6-4-7-14-29-20-21-12-15-28-16-13-21/h8,10-13,15-16,23-27,29-31H,2-7,9,14,17-20H2,1H3/t23-,24-,25+,26-,27+/m0/s1. The third-order valence-electron chi connectivity index (χ3n) is 7.09. The van der Waals surface area contributed by atoms with Crippen LogP contribution >= 0.6 is 0 Å². The van der Waals surface area contributed by atoms with Crippen LogP contribution < -0.4 is 5.32 Å². The molecule has 0 spiro atoms. The number of rotatable bonds is 13. The van der Waals surface area contributed by atoms with Gasteiger partial charge in [0.1, 0.15) is 0 Å². The maximum atomic E-state index is 10.5. The summed E-state index contributed by atoms with van der Waals surface area (Å²) in [4.78, 5) is 4.05. The summed E-state index contributed by atoms with van der Waals surface area (Å²) in [6, 6.07) is 4.11. The summed E-state index contributed by atoms with van der Waals surface area (Å²) in [5, 5.41) is 24.2. The smallest absolute Gasteiger partial charge is 0.0721 e. The molecule has 2 aliphatic rings. The molecular formula is C27H42N2O2. The molecule has 0 aromatic carbocycles. The number of allylic oxidation sites excluding steroid dienone is 2. The van der Waals surface area contributed by atoms with Gasteiger partial charge in [0.25, 0.3) is 0 Å². The molecule has 3 N–H and O–H groups in total. The fourth-order valence-electron chi connectivity index (χ4n) is 5.33. The minimum atomic E-state index is -0.360. The number of hydrogen-bond acceptors (Lipinski definition) is 4. The zero-order valence-corrected chi connectivity index (χ0v) is 19.3. The van der Waals surface area contributed by atoms with Crippen molar-refractivity contribution in [1.29, 1.82) is 0 Å². The van der Waals surface area contributed by atoms with Crippen LogP contribution in [0.5, 0.6) is 0 Å². The van der Waals surface area contributed by atoms with Crippen molar-refractivity contribution in [3.63, 3.8) is 0 Å². The number of nitrogens with one attached hydrogen (secondary N) is 1. The molecule has 0 amide bonds. The fraction of sp³-hybridized carbons (Fsp3) is 0.667. The molecule has 2 saturated carbocycles. The molecule has 1 heterocycles. The Bertz CT molecular complexity index is 688. The van der Waals surface area contributed by atoms with E-state index in [4.69, 9.17) is 0 Å². The summed E-state index contributed by atoms with van der Waals surface area (Å²) < 4.78 is 0. The highest BCUT2D eigenvalue weighted by Gasteiger charge is 2.44. The highest BCUT2D eigenvalue weighted by molar-refractivity contribution is 5.18. The maximum Gasteiger partial charge on any atom is 0.0721 e. The second-order valence-corrected chi connectivity index (χ2v) is 9.55. The molecule has 172 valence electrons. The van der Waals surface area contributed by atoms with Crippen LogP contribution in [0.15, 0.2) is 48.3 Å². The van der Waals surface area contributed by atoms with Crippen molar-refractivity contribution in [2.45, 2.75) is 89.9 Å². The number of hydrogen-bond donors (Lipinski definition) is 3. The van der Waals surface area contributed by atoms with E-state index in [0.717, 1.165) is 51.6 Å². The molecule has 3 rings (SSSR count). The van der Waals surface area contributed by atoms with Crippen molar-refractivity contribution >= 4 is 0 Å². The van der Waals surface area contributed by atoms with Crippen LogP contribution in [0.3, 0.4) is 0 Å². The zero-order chi connectivity index (χ0) is 21.9. The summed E-state index contributed by atoms with van der Waals surface area (Å²) in [6.07, 6.45) is 20.7. The van der Waals surface area contributed by atoms with Crippen LogP contribution in [-0.4, -0.2) is 33.9 Å². The van der Waals surface area contributed by atoms with Crippen LogP contribution in [0.1, 0.15) is 76.7 Å². The van der Waals surface area contributed by atoms with E-state index in [0.29, 0.717) is 11.8 Å². The van der Waals surface area contributed by atoms with E-state index >= 15 is 0 Å². The molecular weight excluding hydrogens is 384 g/mol. The van der Waals surface area contributed by atoms with E-state index in [2.05, 4.69) is 41.5 Å². The van der Waals surface area contributed by atoms with E-state index in [9.17, 15) is 10.2 Å². The lowest BCUT2D eigenvalue weighted by atomic mass is 9.90. The summed E-state index contributed by atoms with van der Waals surface area (Å²) in [7, 11) is 0. The molecule has 0 aliphatic heterocycles. The van der Waals surface area contributed by atoms with Crippen LogP contribution in [0.2, 0.25) is 0 Å². The number of aliphatic hydroxyl groups is 2. The van der Waals surface area contributed by atoms with Crippen LogP contribution in [-0.2, 0) is 6.54 Å². The summed E-state index contributed by atoms with van der Waals surface area (Å²) in [5.74, 6) is 1.40. The van der Waals surface area contributed by atoms with Crippen LogP contribution in [0.25, 0.3) is 0 Å². The van der Waals surface area contributed by atoms with Crippen molar-refractivity contribution in [1.82, 2.24) is 10.3 Å². The molecule has 0 saturated heterocycles. The van der Waals surface area contributed by atoms with Crippen molar-refractivity contribution in [2.24, 2.45) is 17.8 Å². The van der Waals surface area contributed by atoms with Gasteiger partial charge in [0.15, 0.2) is 0 Å². The highest BCUT2D eigenvalue weighted by atomic mass is 16.3. The SMILES string of the molecule is CCCCC[C@H](O)C=C[C@@H]1[C@H]2CC(=CCCCCNCc3ccncc3)C[C@H]2C[C@H]1O. The van der Waals surface area contributed by atoms with E-state index in [-0.39, 0.29) is 18.1 Å². The van der Waals surface area contributed by atoms with Crippen molar-refractivity contribution in [3.8, 4) is 0 Å². The van der Waals surface area contributed by atoms with E-state index in [1.165, 1.54) is 31.2 Å². The number of aromatic nitrogens is 1.